The van der Waals surface area contributed by atoms with E-state index in [1.54, 1.807) is 0 Å². The van der Waals surface area contributed by atoms with E-state index in [2.05, 4.69) is 39.0 Å². The van der Waals surface area contributed by atoms with Gasteiger partial charge >= 0.3 is 0 Å². The van der Waals surface area contributed by atoms with Crippen LogP contribution in [0.5, 0.6) is 0 Å². The van der Waals surface area contributed by atoms with Gasteiger partial charge in [0.1, 0.15) is 0 Å². The minimum Gasteiger partial charge on any atom is -0.126 e. The van der Waals surface area contributed by atoms with Crippen molar-refractivity contribution in [3.8, 4) is 0 Å². The van der Waals surface area contributed by atoms with Gasteiger partial charge in [0, 0.05) is 9.79 Å². The summed E-state index contributed by atoms with van der Waals surface area (Å²) in [5.74, 6) is 2.50. The summed E-state index contributed by atoms with van der Waals surface area (Å²) in [5, 5.41) is 0. The minimum absolute atomic E-state index is 1.17. The average molecular weight is 492 g/mol. The molecule has 0 N–H and O–H groups in total. The first-order valence-electron chi connectivity index (χ1n) is 14.5. The van der Waals surface area contributed by atoms with E-state index < -0.39 is 0 Å². The molecule has 0 bridgehead atoms. The molecule has 0 heterocycles. The van der Waals surface area contributed by atoms with Crippen LogP contribution in [0.25, 0.3) is 0 Å². The monoisotopic (exact) mass is 491 g/mol. The van der Waals surface area contributed by atoms with Gasteiger partial charge < -0.3 is 0 Å². The lowest BCUT2D eigenvalue weighted by Gasteiger charge is -2.08. The normalized spacial score (nSPS) is 11.4. The Morgan fingerprint density at radius 3 is 1.09 bits per heavy atom. The van der Waals surface area contributed by atoms with E-state index in [1.807, 2.05) is 23.5 Å². The second-order valence-electron chi connectivity index (χ2n) is 9.87. The Morgan fingerprint density at radius 1 is 0.455 bits per heavy atom. The van der Waals surface area contributed by atoms with E-state index in [0.717, 1.165) is 0 Å². The van der Waals surface area contributed by atoms with E-state index in [9.17, 15) is 0 Å². The molecule has 0 atom stereocenters. The number of rotatable bonds is 24. The van der Waals surface area contributed by atoms with Crippen LogP contribution in [0.15, 0.2) is 28.0 Å². The van der Waals surface area contributed by atoms with Gasteiger partial charge in [0.15, 0.2) is 0 Å². The standard InChI is InChI=1S/C31H55S2/c1-4-6-8-10-12-14-16-18-20-22-24-32-30-26-29(3)27-31(28-30)33-25-23-21-19-17-15-13-11-9-7-5-2/h26-28H,3-25H2,1-2H3. The SMILES string of the molecule is [CH2]c1cc(SCCCCCCCCCCCC)cc(SCCCCCCCCCCCC)c1. The molecule has 0 aliphatic heterocycles. The highest BCUT2D eigenvalue weighted by Gasteiger charge is 2.02. The van der Waals surface area contributed by atoms with Gasteiger partial charge in [-0.25, -0.2) is 0 Å². The van der Waals surface area contributed by atoms with E-state index in [1.165, 1.54) is 155 Å². The molecule has 191 valence electrons. The number of thioether (sulfide) groups is 2. The molecule has 1 aromatic rings. The molecular weight excluding hydrogens is 436 g/mol. The molecule has 33 heavy (non-hydrogen) atoms. The Morgan fingerprint density at radius 2 is 0.758 bits per heavy atom. The maximum Gasteiger partial charge on any atom is 0.00858 e. The Hall–Kier alpha value is -0.0800. The summed E-state index contributed by atoms with van der Waals surface area (Å²) in [7, 11) is 0. The summed E-state index contributed by atoms with van der Waals surface area (Å²) in [5.41, 5.74) is 1.17. The van der Waals surface area contributed by atoms with Gasteiger partial charge in [-0.05, 0) is 55.0 Å². The highest BCUT2D eigenvalue weighted by Crippen LogP contribution is 2.28. The average Bonchev–Trinajstić information content (AvgIpc) is 2.80. The lowest BCUT2D eigenvalue weighted by molar-refractivity contribution is 0.563. The largest absolute Gasteiger partial charge is 0.126 e. The van der Waals surface area contributed by atoms with Crippen molar-refractivity contribution in [2.24, 2.45) is 0 Å². The summed E-state index contributed by atoms with van der Waals surface area (Å²) < 4.78 is 0. The van der Waals surface area contributed by atoms with Crippen molar-refractivity contribution in [1.29, 1.82) is 0 Å². The fraction of sp³-hybridized carbons (Fsp3) is 0.774. The first-order chi connectivity index (χ1) is 16.3. The van der Waals surface area contributed by atoms with Crippen LogP contribution in [-0.4, -0.2) is 11.5 Å². The number of hydrogen-bond acceptors (Lipinski definition) is 2. The maximum absolute atomic E-state index is 4.22. The van der Waals surface area contributed by atoms with E-state index in [4.69, 9.17) is 0 Å². The quantitative estimate of drug-likeness (QED) is 0.104. The van der Waals surface area contributed by atoms with Crippen molar-refractivity contribution in [1.82, 2.24) is 0 Å². The minimum atomic E-state index is 1.17. The Labute approximate surface area is 217 Å². The molecule has 0 nitrogen and oxygen atoms in total. The molecule has 0 saturated carbocycles. The molecule has 2 heteroatoms. The summed E-state index contributed by atoms with van der Waals surface area (Å²) in [6.45, 7) is 8.82. The zero-order valence-corrected chi connectivity index (χ0v) is 23.9. The van der Waals surface area contributed by atoms with Crippen LogP contribution in [0.4, 0.5) is 0 Å². The first-order valence-corrected chi connectivity index (χ1v) is 16.5. The van der Waals surface area contributed by atoms with Gasteiger partial charge in [0.25, 0.3) is 0 Å². The first kappa shape index (κ1) is 31.0. The predicted octanol–water partition coefficient (Wildman–Crippen LogP) is 11.9. The van der Waals surface area contributed by atoms with Crippen LogP contribution in [0.1, 0.15) is 148 Å². The van der Waals surface area contributed by atoms with Gasteiger partial charge in [0.2, 0.25) is 0 Å². The lowest BCUT2D eigenvalue weighted by Crippen LogP contribution is -1.87. The molecular formula is C31H55S2. The second-order valence-corrected chi connectivity index (χ2v) is 12.2. The van der Waals surface area contributed by atoms with Crippen LogP contribution < -0.4 is 0 Å². The molecule has 0 aliphatic rings. The Bertz CT molecular complexity index is 495. The van der Waals surface area contributed by atoms with Gasteiger partial charge in [-0.15, -0.1) is 23.5 Å². The molecule has 0 aliphatic carbocycles. The van der Waals surface area contributed by atoms with Crippen LogP contribution in [0.3, 0.4) is 0 Å². The zero-order valence-electron chi connectivity index (χ0n) is 22.3. The van der Waals surface area contributed by atoms with Crippen molar-refractivity contribution in [3.05, 3.63) is 30.7 Å². The maximum atomic E-state index is 4.22. The van der Waals surface area contributed by atoms with Crippen molar-refractivity contribution in [3.63, 3.8) is 0 Å². The van der Waals surface area contributed by atoms with Crippen LogP contribution in [0, 0.1) is 6.92 Å². The lowest BCUT2D eigenvalue weighted by atomic mass is 10.1. The number of unbranched alkanes of at least 4 members (excludes halogenated alkanes) is 18. The van der Waals surface area contributed by atoms with Crippen LogP contribution >= 0.6 is 23.5 Å². The van der Waals surface area contributed by atoms with E-state index >= 15 is 0 Å². The molecule has 0 amide bonds. The highest BCUT2D eigenvalue weighted by atomic mass is 32.2. The highest BCUT2D eigenvalue weighted by molar-refractivity contribution is 8.00. The van der Waals surface area contributed by atoms with Gasteiger partial charge in [-0.3, -0.25) is 0 Å². The van der Waals surface area contributed by atoms with Crippen LogP contribution in [-0.2, 0) is 0 Å². The number of benzene rings is 1. The van der Waals surface area contributed by atoms with E-state index in [-0.39, 0.29) is 0 Å². The predicted molar refractivity (Wildman–Crippen MR) is 156 cm³/mol. The molecule has 0 unspecified atom stereocenters. The summed E-state index contributed by atoms with van der Waals surface area (Å²) in [4.78, 5) is 2.84. The fourth-order valence-electron chi connectivity index (χ4n) is 4.36. The van der Waals surface area contributed by atoms with Gasteiger partial charge in [-0.2, -0.15) is 0 Å². The Balaban J connectivity index is 2.02. The van der Waals surface area contributed by atoms with Crippen LogP contribution in [0.2, 0.25) is 0 Å². The molecule has 0 saturated heterocycles. The summed E-state index contributed by atoms with van der Waals surface area (Å²) in [6, 6.07) is 6.94. The zero-order chi connectivity index (χ0) is 23.8. The van der Waals surface area contributed by atoms with Crippen molar-refractivity contribution >= 4 is 23.5 Å². The molecule has 0 spiro atoms. The summed E-state index contributed by atoms with van der Waals surface area (Å²) in [6.07, 6.45) is 28.3. The van der Waals surface area contributed by atoms with Gasteiger partial charge in [-0.1, -0.05) is 129 Å². The number of hydrogen-bond donors (Lipinski definition) is 0. The molecule has 1 aromatic carbocycles. The molecule has 1 rings (SSSR count). The van der Waals surface area contributed by atoms with E-state index in [0.29, 0.717) is 0 Å². The smallest absolute Gasteiger partial charge is 0.00858 e. The van der Waals surface area contributed by atoms with Crippen molar-refractivity contribution < 1.29 is 0 Å². The van der Waals surface area contributed by atoms with Gasteiger partial charge in [0.05, 0.1) is 0 Å². The summed E-state index contributed by atoms with van der Waals surface area (Å²) >= 11 is 4.06. The molecule has 0 fully saturated rings. The second kappa shape index (κ2) is 23.7. The van der Waals surface area contributed by atoms with Crippen molar-refractivity contribution in [2.45, 2.75) is 152 Å². The third-order valence-corrected chi connectivity index (χ3v) is 8.60. The third kappa shape index (κ3) is 19.9. The topological polar surface area (TPSA) is 0 Å². The Kier molecular flexibility index (Phi) is 22.2. The molecule has 0 aromatic heterocycles. The third-order valence-electron chi connectivity index (χ3n) is 6.47. The van der Waals surface area contributed by atoms with Crippen molar-refractivity contribution in [2.75, 3.05) is 11.5 Å². The molecule has 1 radical (unpaired) electrons. The fourth-order valence-corrected chi connectivity index (χ4v) is 6.49.